The highest BCUT2D eigenvalue weighted by Gasteiger charge is 2.52. The Morgan fingerprint density at radius 2 is 1.67 bits per heavy atom. The summed E-state index contributed by atoms with van der Waals surface area (Å²) < 4.78 is 41.6. The fraction of sp³-hybridized carbons (Fsp3) is 0.500. The first-order chi connectivity index (χ1) is 9.64. The first-order valence-corrected chi connectivity index (χ1v) is 6.78. The standard InChI is InChI=1S/C14H17BF2N2O2/c1-13(2)14(3,4)21-15(20-13)8-6-9-12(11(17)10(8)16)19(5)7-18-9/h6-7H,1-5H3. The molecule has 0 bridgehead atoms. The first kappa shape index (κ1) is 14.5. The van der Waals surface area contributed by atoms with E-state index in [1.54, 1.807) is 7.05 Å². The van der Waals surface area contributed by atoms with Gasteiger partial charge in [-0.2, -0.15) is 0 Å². The van der Waals surface area contributed by atoms with Crippen molar-refractivity contribution in [3.63, 3.8) is 0 Å². The van der Waals surface area contributed by atoms with Gasteiger partial charge in [0.1, 0.15) is 5.52 Å². The Hall–Kier alpha value is -1.47. The summed E-state index contributed by atoms with van der Waals surface area (Å²) in [5.41, 5.74) is -0.675. The molecule has 1 aliphatic heterocycles. The van der Waals surface area contributed by atoms with Crippen LogP contribution in [-0.4, -0.2) is 27.9 Å². The first-order valence-electron chi connectivity index (χ1n) is 6.78. The number of nitrogens with zero attached hydrogens (tertiary/aromatic N) is 2. The lowest BCUT2D eigenvalue weighted by atomic mass is 9.78. The molecule has 21 heavy (non-hydrogen) atoms. The molecule has 7 heteroatoms. The lowest BCUT2D eigenvalue weighted by Gasteiger charge is -2.32. The summed E-state index contributed by atoms with van der Waals surface area (Å²) in [5.74, 6) is -1.89. The van der Waals surface area contributed by atoms with Crippen LogP contribution in [0.15, 0.2) is 12.4 Å². The van der Waals surface area contributed by atoms with Crippen LogP contribution in [0.4, 0.5) is 8.78 Å². The van der Waals surface area contributed by atoms with Crippen molar-refractivity contribution in [2.24, 2.45) is 7.05 Å². The number of imidazole rings is 1. The van der Waals surface area contributed by atoms with Gasteiger partial charge >= 0.3 is 7.12 Å². The van der Waals surface area contributed by atoms with Crippen LogP contribution < -0.4 is 5.46 Å². The highest BCUT2D eigenvalue weighted by Crippen LogP contribution is 2.37. The highest BCUT2D eigenvalue weighted by molar-refractivity contribution is 6.62. The highest BCUT2D eigenvalue weighted by atomic mass is 19.2. The number of aryl methyl sites for hydroxylation is 1. The Bertz CT molecular complexity index is 711. The van der Waals surface area contributed by atoms with Crippen molar-refractivity contribution >= 4 is 23.6 Å². The normalized spacial score (nSPS) is 20.4. The smallest absolute Gasteiger partial charge is 0.399 e. The van der Waals surface area contributed by atoms with Crippen LogP contribution in [0.25, 0.3) is 11.0 Å². The Labute approximate surface area is 122 Å². The summed E-state index contributed by atoms with van der Waals surface area (Å²) in [6.07, 6.45) is 1.45. The molecular weight excluding hydrogens is 277 g/mol. The van der Waals surface area contributed by atoms with Crippen LogP contribution in [0.1, 0.15) is 27.7 Å². The second kappa shape index (κ2) is 4.27. The van der Waals surface area contributed by atoms with E-state index in [2.05, 4.69) is 4.98 Å². The van der Waals surface area contributed by atoms with Gasteiger partial charge in [0.15, 0.2) is 11.6 Å². The van der Waals surface area contributed by atoms with Gasteiger partial charge in [0.25, 0.3) is 0 Å². The summed E-state index contributed by atoms with van der Waals surface area (Å²) in [5, 5.41) is 0. The topological polar surface area (TPSA) is 36.3 Å². The number of rotatable bonds is 1. The molecule has 1 aromatic carbocycles. The predicted octanol–water partition coefficient (Wildman–Crippen LogP) is 2.15. The van der Waals surface area contributed by atoms with Crippen molar-refractivity contribution in [3.8, 4) is 0 Å². The number of hydrogen-bond acceptors (Lipinski definition) is 3. The van der Waals surface area contributed by atoms with E-state index in [4.69, 9.17) is 9.31 Å². The van der Waals surface area contributed by atoms with Crippen LogP contribution in [0.5, 0.6) is 0 Å². The summed E-state index contributed by atoms with van der Waals surface area (Å²) in [6.45, 7) is 7.45. The van der Waals surface area contributed by atoms with Crippen LogP contribution in [0.3, 0.4) is 0 Å². The van der Waals surface area contributed by atoms with Crippen LogP contribution >= 0.6 is 0 Å². The fourth-order valence-electron chi connectivity index (χ4n) is 2.40. The van der Waals surface area contributed by atoms with E-state index in [-0.39, 0.29) is 11.0 Å². The van der Waals surface area contributed by atoms with Gasteiger partial charge in [0.05, 0.1) is 23.0 Å². The molecule has 1 aliphatic rings. The van der Waals surface area contributed by atoms with Gasteiger partial charge in [-0.1, -0.05) is 0 Å². The van der Waals surface area contributed by atoms with Crippen molar-refractivity contribution < 1.29 is 18.1 Å². The maximum atomic E-state index is 14.4. The summed E-state index contributed by atoms with van der Waals surface area (Å²) in [6, 6.07) is 1.48. The Morgan fingerprint density at radius 3 is 2.24 bits per heavy atom. The zero-order valence-corrected chi connectivity index (χ0v) is 12.7. The third kappa shape index (κ3) is 1.98. The molecule has 0 radical (unpaired) electrons. The average Bonchev–Trinajstić information content (AvgIpc) is 2.82. The minimum atomic E-state index is -0.954. The van der Waals surface area contributed by atoms with Gasteiger partial charge < -0.3 is 13.9 Å². The largest absolute Gasteiger partial charge is 0.498 e. The third-order valence-electron chi connectivity index (χ3n) is 4.42. The van der Waals surface area contributed by atoms with E-state index in [9.17, 15) is 8.78 Å². The van der Waals surface area contributed by atoms with Crippen molar-refractivity contribution in [1.29, 1.82) is 0 Å². The molecule has 0 N–H and O–H groups in total. The third-order valence-corrected chi connectivity index (χ3v) is 4.42. The summed E-state index contributed by atoms with van der Waals surface area (Å²) in [7, 11) is 0.669. The Kier molecular flexibility index (Phi) is 2.94. The molecule has 1 fully saturated rings. The minimum absolute atomic E-state index is 0.0392. The van der Waals surface area contributed by atoms with E-state index in [1.165, 1.54) is 17.0 Å². The number of fused-ring (bicyclic) bond motifs is 1. The zero-order chi connectivity index (χ0) is 15.6. The fourth-order valence-corrected chi connectivity index (χ4v) is 2.40. The second-order valence-corrected chi connectivity index (χ2v) is 6.41. The zero-order valence-electron chi connectivity index (χ0n) is 12.7. The van der Waals surface area contributed by atoms with E-state index in [0.717, 1.165) is 0 Å². The minimum Gasteiger partial charge on any atom is -0.399 e. The monoisotopic (exact) mass is 294 g/mol. The average molecular weight is 294 g/mol. The van der Waals surface area contributed by atoms with Gasteiger partial charge in [-0.15, -0.1) is 0 Å². The molecule has 2 heterocycles. The van der Waals surface area contributed by atoms with Crippen molar-refractivity contribution in [3.05, 3.63) is 24.0 Å². The predicted molar refractivity (Wildman–Crippen MR) is 76.3 cm³/mol. The molecule has 1 saturated heterocycles. The number of halogens is 2. The Morgan fingerprint density at radius 1 is 1.10 bits per heavy atom. The van der Waals surface area contributed by atoms with Gasteiger partial charge in [-0.3, -0.25) is 0 Å². The molecule has 0 aliphatic carbocycles. The van der Waals surface area contributed by atoms with Crippen LogP contribution in [0.2, 0.25) is 0 Å². The SMILES string of the molecule is Cn1cnc2cc(B3OC(C)(C)C(C)(C)O3)c(F)c(F)c21. The van der Waals surface area contributed by atoms with E-state index in [1.807, 2.05) is 27.7 Å². The molecular formula is C14H17BF2N2O2. The molecule has 3 rings (SSSR count). The van der Waals surface area contributed by atoms with Gasteiger partial charge in [-0.25, -0.2) is 13.8 Å². The lowest BCUT2D eigenvalue weighted by molar-refractivity contribution is 0.00578. The lowest BCUT2D eigenvalue weighted by Crippen LogP contribution is -2.41. The maximum absolute atomic E-state index is 14.4. The quantitative estimate of drug-likeness (QED) is 0.756. The number of hydrogen-bond donors (Lipinski definition) is 0. The second-order valence-electron chi connectivity index (χ2n) is 6.41. The molecule has 4 nitrogen and oxygen atoms in total. The molecule has 0 spiro atoms. The summed E-state index contributed by atoms with van der Waals surface area (Å²) in [4.78, 5) is 4.07. The molecule has 1 aromatic heterocycles. The molecule has 0 atom stereocenters. The van der Waals surface area contributed by atoms with Crippen LogP contribution in [-0.2, 0) is 16.4 Å². The van der Waals surface area contributed by atoms with Crippen LogP contribution in [0, 0.1) is 11.6 Å². The molecule has 0 amide bonds. The molecule has 0 unspecified atom stereocenters. The van der Waals surface area contributed by atoms with Gasteiger partial charge in [-0.05, 0) is 33.8 Å². The molecule has 2 aromatic rings. The van der Waals surface area contributed by atoms with Gasteiger partial charge in [0, 0.05) is 12.5 Å². The van der Waals surface area contributed by atoms with Gasteiger partial charge in [0.2, 0.25) is 0 Å². The Balaban J connectivity index is 2.13. The molecule has 0 saturated carbocycles. The van der Waals surface area contributed by atoms with Crippen molar-refractivity contribution in [2.45, 2.75) is 38.9 Å². The molecule has 112 valence electrons. The van der Waals surface area contributed by atoms with E-state index < -0.39 is 30.0 Å². The van der Waals surface area contributed by atoms with Crippen molar-refractivity contribution in [1.82, 2.24) is 9.55 Å². The van der Waals surface area contributed by atoms with Crippen molar-refractivity contribution in [2.75, 3.05) is 0 Å². The summed E-state index contributed by atoms with van der Waals surface area (Å²) >= 11 is 0. The number of aromatic nitrogens is 2. The van der Waals surface area contributed by atoms with E-state index >= 15 is 0 Å². The maximum Gasteiger partial charge on any atom is 0.498 e. The van der Waals surface area contributed by atoms with E-state index in [0.29, 0.717) is 5.52 Å². The number of benzene rings is 1.